The van der Waals surface area contributed by atoms with Crippen molar-refractivity contribution in [3.8, 4) is 5.75 Å². The Kier molecular flexibility index (Phi) is 7.17. The number of nitrogens with one attached hydrogen (secondary N) is 1. The van der Waals surface area contributed by atoms with Crippen LogP contribution in [0.2, 0.25) is 0 Å². The van der Waals surface area contributed by atoms with E-state index in [2.05, 4.69) is 5.32 Å². The summed E-state index contributed by atoms with van der Waals surface area (Å²) in [6.07, 6.45) is 0. The smallest absolute Gasteiger partial charge is 0.238 e. The molecule has 0 bridgehead atoms. The molecule has 138 valence electrons. The second-order valence-corrected chi connectivity index (χ2v) is 6.19. The third-order valence-corrected chi connectivity index (χ3v) is 3.86. The van der Waals surface area contributed by atoms with Crippen molar-refractivity contribution in [1.29, 1.82) is 0 Å². The lowest BCUT2D eigenvalue weighted by molar-refractivity contribution is -0.131. The number of ether oxygens (including phenoxy) is 1. The van der Waals surface area contributed by atoms with Crippen molar-refractivity contribution < 1.29 is 14.3 Å². The Morgan fingerprint density at radius 3 is 2.42 bits per heavy atom. The molecule has 0 atom stereocenters. The molecule has 0 saturated carbocycles. The molecule has 2 aromatic rings. The molecule has 6 heteroatoms. The van der Waals surface area contributed by atoms with E-state index in [-0.39, 0.29) is 24.9 Å². The van der Waals surface area contributed by atoms with Crippen molar-refractivity contribution in [2.45, 2.75) is 6.54 Å². The number of benzene rings is 2. The first kappa shape index (κ1) is 19.5. The summed E-state index contributed by atoms with van der Waals surface area (Å²) in [5.74, 6) is 0.457. The topological polar surface area (TPSA) is 61.9 Å². The third-order valence-electron chi connectivity index (χ3n) is 3.86. The molecule has 0 aliphatic rings. The van der Waals surface area contributed by atoms with Crippen LogP contribution in [0.1, 0.15) is 5.56 Å². The van der Waals surface area contributed by atoms with Gasteiger partial charge in [0.25, 0.3) is 0 Å². The number of likely N-dealkylation sites (N-methyl/N-ethyl adjacent to an activating group) is 2. The molecule has 2 rings (SSSR count). The molecular weight excluding hydrogens is 330 g/mol. The SMILES string of the molecule is COc1cccc(NC(=O)CN(C)CC(=O)N(C)Cc2ccccc2)c1. The Morgan fingerprint density at radius 2 is 1.73 bits per heavy atom. The maximum atomic E-state index is 12.3. The highest BCUT2D eigenvalue weighted by Crippen LogP contribution is 2.16. The van der Waals surface area contributed by atoms with Gasteiger partial charge in [-0.05, 0) is 24.7 Å². The number of nitrogens with zero attached hydrogens (tertiary/aromatic N) is 2. The zero-order chi connectivity index (χ0) is 18.9. The van der Waals surface area contributed by atoms with Gasteiger partial charge in [0, 0.05) is 25.3 Å². The summed E-state index contributed by atoms with van der Waals surface area (Å²) in [7, 11) is 5.09. The molecule has 6 nitrogen and oxygen atoms in total. The van der Waals surface area contributed by atoms with E-state index in [1.54, 1.807) is 49.2 Å². The first-order valence-corrected chi connectivity index (χ1v) is 8.38. The fourth-order valence-electron chi connectivity index (χ4n) is 2.50. The summed E-state index contributed by atoms with van der Waals surface area (Å²) >= 11 is 0. The van der Waals surface area contributed by atoms with Gasteiger partial charge in [-0.2, -0.15) is 0 Å². The summed E-state index contributed by atoms with van der Waals surface area (Å²) in [5, 5.41) is 2.80. The van der Waals surface area contributed by atoms with Gasteiger partial charge in [-0.15, -0.1) is 0 Å². The van der Waals surface area contributed by atoms with Crippen molar-refractivity contribution in [3.05, 3.63) is 60.2 Å². The Labute approximate surface area is 154 Å². The van der Waals surface area contributed by atoms with E-state index >= 15 is 0 Å². The van der Waals surface area contributed by atoms with Crippen molar-refractivity contribution >= 4 is 17.5 Å². The zero-order valence-electron chi connectivity index (χ0n) is 15.4. The van der Waals surface area contributed by atoms with Crippen molar-refractivity contribution in [2.75, 3.05) is 39.6 Å². The molecule has 0 radical (unpaired) electrons. The van der Waals surface area contributed by atoms with Crippen LogP contribution in [0.5, 0.6) is 5.75 Å². The molecule has 0 heterocycles. The summed E-state index contributed by atoms with van der Waals surface area (Å²) in [6.45, 7) is 0.848. The van der Waals surface area contributed by atoms with Crippen molar-refractivity contribution in [1.82, 2.24) is 9.80 Å². The van der Waals surface area contributed by atoms with Crippen LogP contribution >= 0.6 is 0 Å². The molecule has 1 N–H and O–H groups in total. The maximum absolute atomic E-state index is 12.3. The lowest BCUT2D eigenvalue weighted by Gasteiger charge is -2.21. The van der Waals surface area contributed by atoms with Crippen LogP contribution in [0.3, 0.4) is 0 Å². The average molecular weight is 355 g/mol. The van der Waals surface area contributed by atoms with Crippen LogP contribution in [-0.4, -0.2) is 55.9 Å². The summed E-state index contributed by atoms with van der Waals surface area (Å²) in [6, 6.07) is 17.0. The van der Waals surface area contributed by atoms with Crippen LogP contribution in [0.4, 0.5) is 5.69 Å². The Morgan fingerprint density at radius 1 is 1.00 bits per heavy atom. The van der Waals surface area contributed by atoms with Gasteiger partial charge >= 0.3 is 0 Å². The number of hydrogen-bond donors (Lipinski definition) is 1. The van der Waals surface area contributed by atoms with Gasteiger partial charge in [0.15, 0.2) is 0 Å². The normalized spacial score (nSPS) is 10.5. The summed E-state index contributed by atoms with van der Waals surface area (Å²) < 4.78 is 5.13. The number of anilines is 1. The number of methoxy groups -OCH3 is 1. The number of amides is 2. The molecule has 0 aliphatic heterocycles. The number of carbonyl (C=O) groups is 2. The average Bonchev–Trinajstić information content (AvgIpc) is 2.62. The van der Waals surface area contributed by atoms with Gasteiger partial charge in [-0.25, -0.2) is 0 Å². The van der Waals surface area contributed by atoms with E-state index in [0.29, 0.717) is 18.0 Å². The molecule has 0 aromatic heterocycles. The van der Waals surface area contributed by atoms with Gasteiger partial charge in [0.2, 0.25) is 11.8 Å². The zero-order valence-corrected chi connectivity index (χ0v) is 15.4. The van der Waals surface area contributed by atoms with Gasteiger partial charge in [-0.1, -0.05) is 36.4 Å². The van der Waals surface area contributed by atoms with Crippen molar-refractivity contribution in [2.24, 2.45) is 0 Å². The molecule has 2 amide bonds. The molecule has 2 aromatic carbocycles. The standard InChI is InChI=1S/C20H25N3O3/c1-22(14-19(24)21-17-10-7-11-18(12-17)26-3)15-20(25)23(2)13-16-8-5-4-6-9-16/h4-12H,13-15H2,1-3H3,(H,21,24). The van der Waals surface area contributed by atoms with Gasteiger partial charge in [-0.3, -0.25) is 14.5 Å². The predicted octanol–water partition coefficient (Wildman–Crippen LogP) is 2.22. The molecule has 0 spiro atoms. The van der Waals surface area contributed by atoms with E-state index in [1.165, 1.54) is 0 Å². The lowest BCUT2D eigenvalue weighted by atomic mass is 10.2. The highest BCUT2D eigenvalue weighted by atomic mass is 16.5. The van der Waals surface area contributed by atoms with Crippen LogP contribution in [0, 0.1) is 0 Å². The van der Waals surface area contributed by atoms with Crippen LogP contribution in [0.15, 0.2) is 54.6 Å². The number of hydrogen-bond acceptors (Lipinski definition) is 4. The summed E-state index contributed by atoms with van der Waals surface area (Å²) in [5.41, 5.74) is 1.73. The highest BCUT2D eigenvalue weighted by Gasteiger charge is 2.14. The van der Waals surface area contributed by atoms with Gasteiger partial charge in [0.1, 0.15) is 5.75 Å². The third kappa shape index (κ3) is 6.22. The number of carbonyl (C=O) groups excluding carboxylic acids is 2. The first-order chi connectivity index (χ1) is 12.5. The van der Waals surface area contributed by atoms with E-state index in [1.807, 2.05) is 36.4 Å². The Hall–Kier alpha value is -2.86. The van der Waals surface area contributed by atoms with Crippen LogP contribution in [0.25, 0.3) is 0 Å². The monoisotopic (exact) mass is 355 g/mol. The molecular formula is C20H25N3O3. The van der Waals surface area contributed by atoms with Crippen LogP contribution < -0.4 is 10.1 Å². The molecule has 0 fully saturated rings. The van der Waals surface area contributed by atoms with E-state index < -0.39 is 0 Å². The molecule has 0 unspecified atom stereocenters. The fraction of sp³-hybridized carbons (Fsp3) is 0.300. The van der Waals surface area contributed by atoms with Crippen molar-refractivity contribution in [3.63, 3.8) is 0 Å². The fourth-order valence-corrected chi connectivity index (χ4v) is 2.50. The minimum atomic E-state index is -0.181. The quantitative estimate of drug-likeness (QED) is 0.789. The second-order valence-electron chi connectivity index (χ2n) is 6.19. The lowest BCUT2D eigenvalue weighted by Crippen LogP contribution is -2.39. The van der Waals surface area contributed by atoms with Crippen LogP contribution in [-0.2, 0) is 16.1 Å². The molecule has 0 aliphatic carbocycles. The van der Waals surface area contributed by atoms with Gasteiger partial charge < -0.3 is 15.0 Å². The molecule has 0 saturated heterocycles. The van der Waals surface area contributed by atoms with Gasteiger partial charge in [0.05, 0.1) is 20.2 Å². The first-order valence-electron chi connectivity index (χ1n) is 8.38. The van der Waals surface area contributed by atoms with E-state index in [0.717, 1.165) is 5.56 Å². The second kappa shape index (κ2) is 9.58. The predicted molar refractivity (Wildman–Crippen MR) is 102 cm³/mol. The minimum Gasteiger partial charge on any atom is -0.497 e. The largest absolute Gasteiger partial charge is 0.497 e. The summed E-state index contributed by atoms with van der Waals surface area (Å²) in [4.78, 5) is 27.8. The van der Waals surface area contributed by atoms with E-state index in [9.17, 15) is 9.59 Å². The number of rotatable bonds is 8. The minimum absolute atomic E-state index is 0.0365. The Balaban J connectivity index is 1.80. The molecule has 26 heavy (non-hydrogen) atoms. The highest BCUT2D eigenvalue weighted by molar-refractivity contribution is 5.92. The Bertz CT molecular complexity index is 734. The van der Waals surface area contributed by atoms with E-state index in [4.69, 9.17) is 4.74 Å². The maximum Gasteiger partial charge on any atom is 0.238 e.